The standard InChI is InChI=1S/C16H10F4N2O3S/c17-12-4-2-1-3-11(12)13(26(23)24)9-5-7-10(8-6-9)14-21-15(25-22-14)16(18,19)20/h1-8,13,26H. The highest BCUT2D eigenvalue weighted by Gasteiger charge is 2.38. The van der Waals surface area contributed by atoms with Crippen LogP contribution in [0.4, 0.5) is 17.6 Å². The van der Waals surface area contributed by atoms with Crippen molar-refractivity contribution in [3.8, 4) is 11.4 Å². The second-order valence-electron chi connectivity index (χ2n) is 5.25. The molecule has 1 aromatic heterocycles. The van der Waals surface area contributed by atoms with Crippen molar-refractivity contribution in [1.29, 1.82) is 0 Å². The average molecular weight is 386 g/mol. The van der Waals surface area contributed by atoms with E-state index in [-0.39, 0.29) is 22.5 Å². The van der Waals surface area contributed by atoms with Crippen LogP contribution in [-0.4, -0.2) is 18.6 Å². The summed E-state index contributed by atoms with van der Waals surface area (Å²) in [5.41, 5.74) is 0.436. The van der Waals surface area contributed by atoms with Gasteiger partial charge in [-0.25, -0.2) is 12.8 Å². The minimum Gasteiger partial charge on any atom is -0.329 e. The second kappa shape index (κ2) is 6.87. The second-order valence-corrected chi connectivity index (χ2v) is 6.34. The lowest BCUT2D eigenvalue weighted by molar-refractivity contribution is -0.159. The molecule has 0 aliphatic rings. The van der Waals surface area contributed by atoms with E-state index in [9.17, 15) is 26.0 Å². The van der Waals surface area contributed by atoms with Gasteiger partial charge >= 0.3 is 12.1 Å². The van der Waals surface area contributed by atoms with Gasteiger partial charge < -0.3 is 4.52 Å². The van der Waals surface area contributed by atoms with Crippen LogP contribution in [-0.2, 0) is 16.9 Å². The number of aromatic nitrogens is 2. The van der Waals surface area contributed by atoms with Crippen LogP contribution in [0.3, 0.4) is 0 Å². The smallest absolute Gasteiger partial charge is 0.329 e. The molecule has 0 bridgehead atoms. The van der Waals surface area contributed by atoms with Crippen molar-refractivity contribution in [2.45, 2.75) is 11.4 Å². The number of hydrogen-bond donors (Lipinski definition) is 1. The maximum Gasteiger partial charge on any atom is 0.471 e. The Labute approximate surface area is 146 Å². The van der Waals surface area contributed by atoms with Crippen molar-refractivity contribution in [1.82, 2.24) is 10.1 Å². The van der Waals surface area contributed by atoms with Crippen LogP contribution in [0.25, 0.3) is 11.4 Å². The first-order valence-electron chi connectivity index (χ1n) is 7.16. The van der Waals surface area contributed by atoms with Crippen molar-refractivity contribution in [2.75, 3.05) is 0 Å². The molecule has 1 atom stereocenters. The Kier molecular flexibility index (Phi) is 4.77. The fraction of sp³-hybridized carbons (Fsp3) is 0.125. The molecule has 0 radical (unpaired) electrons. The van der Waals surface area contributed by atoms with Crippen LogP contribution >= 0.6 is 0 Å². The number of nitrogens with zero attached hydrogens (tertiary/aromatic N) is 2. The SMILES string of the molecule is O=[SH](=O)C(c1ccc(-c2noc(C(F)(F)F)n2)cc1)c1ccccc1F. The summed E-state index contributed by atoms with van der Waals surface area (Å²) in [5.74, 6) is -2.45. The van der Waals surface area contributed by atoms with Crippen LogP contribution in [0.2, 0.25) is 0 Å². The molecule has 10 heteroatoms. The van der Waals surface area contributed by atoms with Crippen molar-refractivity contribution in [3.63, 3.8) is 0 Å². The highest BCUT2D eigenvalue weighted by molar-refractivity contribution is 7.73. The number of benzene rings is 2. The lowest BCUT2D eigenvalue weighted by Crippen LogP contribution is -2.05. The normalized spacial score (nSPS) is 13.1. The van der Waals surface area contributed by atoms with Gasteiger partial charge in [-0.1, -0.05) is 47.6 Å². The highest BCUT2D eigenvalue weighted by Crippen LogP contribution is 2.31. The Hall–Kier alpha value is -2.75. The summed E-state index contributed by atoms with van der Waals surface area (Å²) in [6, 6.07) is 10.9. The van der Waals surface area contributed by atoms with Gasteiger partial charge in [0.05, 0.1) is 0 Å². The van der Waals surface area contributed by atoms with Crippen molar-refractivity contribution in [2.24, 2.45) is 0 Å². The van der Waals surface area contributed by atoms with Gasteiger partial charge in [-0.05, 0) is 11.6 Å². The van der Waals surface area contributed by atoms with Gasteiger partial charge in [-0.3, -0.25) is 0 Å². The van der Waals surface area contributed by atoms with E-state index in [1.165, 1.54) is 42.5 Å². The molecule has 136 valence electrons. The molecule has 26 heavy (non-hydrogen) atoms. The third-order valence-corrected chi connectivity index (χ3v) is 4.56. The van der Waals surface area contributed by atoms with Gasteiger partial charge in [0.15, 0.2) is 10.7 Å². The molecule has 0 spiro atoms. The molecular weight excluding hydrogens is 376 g/mol. The van der Waals surface area contributed by atoms with Gasteiger partial charge in [0.2, 0.25) is 5.82 Å². The Morgan fingerprint density at radius 1 is 1.00 bits per heavy atom. The first-order valence-corrected chi connectivity index (χ1v) is 8.41. The van der Waals surface area contributed by atoms with E-state index in [0.29, 0.717) is 0 Å². The maximum atomic E-state index is 13.9. The van der Waals surface area contributed by atoms with Gasteiger partial charge in [0.25, 0.3) is 0 Å². The van der Waals surface area contributed by atoms with E-state index in [0.717, 1.165) is 6.07 Å². The first-order chi connectivity index (χ1) is 12.3. The van der Waals surface area contributed by atoms with Crippen LogP contribution in [0, 0.1) is 5.82 Å². The summed E-state index contributed by atoms with van der Waals surface area (Å²) < 4.78 is 78.9. The number of thiol groups is 1. The minimum atomic E-state index is -4.76. The molecule has 0 aliphatic heterocycles. The largest absolute Gasteiger partial charge is 0.471 e. The molecule has 0 fully saturated rings. The van der Waals surface area contributed by atoms with Crippen LogP contribution in [0.15, 0.2) is 53.1 Å². The van der Waals surface area contributed by atoms with Gasteiger partial charge in [-0.15, -0.1) is 0 Å². The summed E-state index contributed by atoms with van der Waals surface area (Å²) in [4.78, 5) is 3.25. The summed E-state index contributed by atoms with van der Waals surface area (Å²) in [5, 5.41) is 2.02. The third-order valence-electron chi connectivity index (χ3n) is 3.56. The molecule has 0 amide bonds. The monoisotopic (exact) mass is 386 g/mol. The predicted octanol–water partition coefficient (Wildman–Crippen LogP) is 3.60. The predicted molar refractivity (Wildman–Crippen MR) is 83.3 cm³/mol. The zero-order valence-corrected chi connectivity index (χ0v) is 13.7. The molecule has 1 unspecified atom stereocenters. The molecule has 5 nitrogen and oxygen atoms in total. The lowest BCUT2D eigenvalue weighted by atomic mass is 10.0. The summed E-state index contributed by atoms with van der Waals surface area (Å²) in [6.07, 6.45) is -4.76. The molecule has 3 rings (SSSR count). The quantitative estimate of drug-likeness (QED) is 0.548. The third kappa shape index (κ3) is 3.59. The molecule has 2 aromatic carbocycles. The van der Waals surface area contributed by atoms with Crippen LogP contribution in [0.5, 0.6) is 0 Å². The Morgan fingerprint density at radius 2 is 1.65 bits per heavy atom. The van der Waals surface area contributed by atoms with E-state index in [1.54, 1.807) is 0 Å². The number of alkyl halides is 3. The first kappa shape index (κ1) is 18.1. The Bertz CT molecular complexity index is 989. The Balaban J connectivity index is 1.95. The average Bonchev–Trinajstić information content (AvgIpc) is 3.07. The number of rotatable bonds is 4. The fourth-order valence-electron chi connectivity index (χ4n) is 2.38. The summed E-state index contributed by atoms with van der Waals surface area (Å²) in [6.45, 7) is 0. The molecule has 0 aliphatic carbocycles. The van der Waals surface area contributed by atoms with E-state index < -0.39 is 33.8 Å². The molecular formula is C16H10F4N2O3S. The molecule has 3 aromatic rings. The van der Waals surface area contributed by atoms with Gasteiger partial charge in [0, 0.05) is 11.1 Å². The topological polar surface area (TPSA) is 73.1 Å². The highest BCUT2D eigenvalue weighted by atomic mass is 32.2. The summed E-state index contributed by atoms with van der Waals surface area (Å²) >= 11 is 0. The fourth-order valence-corrected chi connectivity index (χ4v) is 3.23. The van der Waals surface area contributed by atoms with Crippen molar-refractivity contribution < 1.29 is 30.5 Å². The Morgan fingerprint density at radius 3 is 2.19 bits per heavy atom. The van der Waals surface area contributed by atoms with Gasteiger partial charge in [0.1, 0.15) is 11.1 Å². The van der Waals surface area contributed by atoms with E-state index in [1.807, 2.05) is 0 Å². The number of hydrogen-bond acceptors (Lipinski definition) is 5. The molecule has 0 saturated heterocycles. The molecule has 1 heterocycles. The number of halogens is 4. The maximum absolute atomic E-state index is 13.9. The van der Waals surface area contributed by atoms with Crippen molar-refractivity contribution >= 4 is 10.7 Å². The zero-order chi connectivity index (χ0) is 18.9. The zero-order valence-electron chi connectivity index (χ0n) is 12.8. The van der Waals surface area contributed by atoms with Crippen LogP contribution < -0.4 is 0 Å². The van der Waals surface area contributed by atoms with E-state index >= 15 is 0 Å². The van der Waals surface area contributed by atoms with Crippen molar-refractivity contribution in [3.05, 3.63) is 71.4 Å². The minimum absolute atomic E-state index is 0.0183. The van der Waals surface area contributed by atoms with E-state index in [4.69, 9.17) is 0 Å². The summed E-state index contributed by atoms with van der Waals surface area (Å²) in [7, 11) is -3.05. The molecule has 0 saturated carbocycles. The van der Waals surface area contributed by atoms with Gasteiger partial charge in [-0.2, -0.15) is 18.2 Å². The van der Waals surface area contributed by atoms with Crippen LogP contribution in [0.1, 0.15) is 22.3 Å². The lowest BCUT2D eigenvalue weighted by Gasteiger charge is -2.12. The molecule has 0 N–H and O–H groups in total. The van der Waals surface area contributed by atoms with E-state index in [2.05, 4.69) is 14.7 Å².